The molecule has 0 amide bonds. The van der Waals surface area contributed by atoms with Gasteiger partial charge in [-0.1, -0.05) is 29.8 Å². The highest BCUT2D eigenvalue weighted by molar-refractivity contribution is 9.09. The van der Waals surface area contributed by atoms with Crippen molar-refractivity contribution in [3.8, 4) is 0 Å². The van der Waals surface area contributed by atoms with Crippen molar-refractivity contribution in [3.63, 3.8) is 0 Å². The smallest absolute Gasteiger partial charge is 0.243 e. The van der Waals surface area contributed by atoms with E-state index in [1.165, 1.54) is 6.20 Å². The van der Waals surface area contributed by atoms with Crippen LogP contribution in [0.5, 0.6) is 0 Å². The van der Waals surface area contributed by atoms with Crippen LogP contribution in [0.15, 0.2) is 11.1 Å². The van der Waals surface area contributed by atoms with Gasteiger partial charge >= 0.3 is 0 Å². The fourth-order valence-corrected chi connectivity index (χ4v) is 3.27. The number of hydrogen-bond donors (Lipinski definition) is 2. The molecule has 0 radical (unpaired) electrons. The normalized spacial score (nSPS) is 12.9. The standard InChI is InChI=1S/C11H20BrN3O2S/c1-9-10(7-13-15-9)18(16,17)14-8-11(2,3)5-4-6-12/h7,14H,4-6,8H2,1-3H3,(H,13,15). The molecule has 0 spiro atoms. The van der Waals surface area contributed by atoms with Crippen LogP contribution in [0.3, 0.4) is 0 Å². The topological polar surface area (TPSA) is 74.8 Å². The lowest BCUT2D eigenvalue weighted by Gasteiger charge is -2.24. The van der Waals surface area contributed by atoms with Crippen LogP contribution < -0.4 is 4.72 Å². The first kappa shape index (κ1) is 15.7. The molecule has 0 aromatic carbocycles. The number of alkyl halides is 1. The summed E-state index contributed by atoms with van der Waals surface area (Å²) in [7, 11) is -3.46. The van der Waals surface area contributed by atoms with E-state index in [-0.39, 0.29) is 10.3 Å². The third-order valence-corrected chi connectivity index (χ3v) is 4.88. The van der Waals surface area contributed by atoms with Crippen LogP contribution in [0.2, 0.25) is 0 Å². The second kappa shape index (κ2) is 6.16. The third-order valence-electron chi connectivity index (χ3n) is 2.80. The highest BCUT2D eigenvalue weighted by Gasteiger charge is 2.23. The van der Waals surface area contributed by atoms with Crippen LogP contribution in [0, 0.1) is 12.3 Å². The van der Waals surface area contributed by atoms with E-state index < -0.39 is 10.0 Å². The van der Waals surface area contributed by atoms with Crippen molar-refractivity contribution in [1.82, 2.24) is 14.9 Å². The molecule has 5 nitrogen and oxygen atoms in total. The Balaban J connectivity index is 2.66. The minimum absolute atomic E-state index is 0.0571. The van der Waals surface area contributed by atoms with Gasteiger partial charge in [-0.2, -0.15) is 5.10 Å². The molecule has 18 heavy (non-hydrogen) atoms. The first-order chi connectivity index (χ1) is 8.28. The molecule has 0 saturated carbocycles. The van der Waals surface area contributed by atoms with Crippen molar-refractivity contribution in [2.45, 2.75) is 38.5 Å². The number of halogens is 1. The second-order valence-corrected chi connectivity index (χ2v) is 7.67. The van der Waals surface area contributed by atoms with Crippen molar-refractivity contribution >= 4 is 26.0 Å². The highest BCUT2D eigenvalue weighted by atomic mass is 79.9. The fraction of sp³-hybridized carbons (Fsp3) is 0.727. The fourth-order valence-electron chi connectivity index (χ4n) is 1.61. The summed E-state index contributed by atoms with van der Waals surface area (Å²) in [6.45, 7) is 6.23. The summed E-state index contributed by atoms with van der Waals surface area (Å²) in [5, 5.41) is 7.30. The van der Waals surface area contributed by atoms with Crippen molar-refractivity contribution in [2.24, 2.45) is 5.41 Å². The summed E-state index contributed by atoms with van der Waals surface area (Å²) in [5.41, 5.74) is 0.499. The Bertz CT molecular complexity index is 482. The molecule has 0 saturated heterocycles. The number of aryl methyl sites for hydroxylation is 1. The molecule has 0 aliphatic heterocycles. The predicted molar refractivity (Wildman–Crippen MR) is 75.3 cm³/mol. The third kappa shape index (κ3) is 4.37. The van der Waals surface area contributed by atoms with Crippen LogP contribution in [-0.4, -0.2) is 30.5 Å². The first-order valence-corrected chi connectivity index (χ1v) is 8.44. The van der Waals surface area contributed by atoms with Gasteiger partial charge < -0.3 is 0 Å². The van der Waals surface area contributed by atoms with Gasteiger partial charge in [0.1, 0.15) is 4.90 Å². The van der Waals surface area contributed by atoms with Crippen LogP contribution >= 0.6 is 15.9 Å². The Labute approximate surface area is 117 Å². The van der Waals surface area contributed by atoms with Gasteiger partial charge in [0.25, 0.3) is 0 Å². The molecule has 0 bridgehead atoms. The molecule has 0 fully saturated rings. The van der Waals surface area contributed by atoms with Crippen molar-refractivity contribution in [3.05, 3.63) is 11.9 Å². The molecule has 0 atom stereocenters. The van der Waals surface area contributed by atoms with E-state index in [1.807, 2.05) is 0 Å². The second-order valence-electron chi connectivity index (χ2n) is 5.14. The first-order valence-electron chi connectivity index (χ1n) is 5.84. The molecule has 1 aromatic heterocycles. The lowest BCUT2D eigenvalue weighted by Crippen LogP contribution is -2.34. The molecule has 0 unspecified atom stereocenters. The zero-order chi connectivity index (χ0) is 13.8. The van der Waals surface area contributed by atoms with Gasteiger partial charge in [0, 0.05) is 11.9 Å². The molecule has 0 aliphatic carbocycles. The maximum atomic E-state index is 12.1. The Kier molecular flexibility index (Phi) is 5.36. The van der Waals surface area contributed by atoms with Gasteiger partial charge in [-0.3, -0.25) is 5.10 Å². The Morgan fingerprint density at radius 3 is 2.67 bits per heavy atom. The number of aromatic amines is 1. The van der Waals surface area contributed by atoms with E-state index in [0.717, 1.165) is 18.2 Å². The van der Waals surface area contributed by atoms with Gasteiger partial charge in [-0.15, -0.1) is 0 Å². The lowest BCUT2D eigenvalue weighted by molar-refractivity contribution is 0.332. The van der Waals surface area contributed by atoms with Crippen LogP contribution in [0.25, 0.3) is 0 Å². The monoisotopic (exact) mass is 337 g/mol. The molecule has 1 heterocycles. The number of hydrogen-bond acceptors (Lipinski definition) is 3. The van der Waals surface area contributed by atoms with Gasteiger partial charge in [0.15, 0.2) is 0 Å². The summed E-state index contributed by atoms with van der Waals surface area (Å²) in [5.74, 6) is 0. The summed E-state index contributed by atoms with van der Waals surface area (Å²) < 4.78 is 26.8. The minimum Gasteiger partial charge on any atom is -0.281 e. The summed E-state index contributed by atoms with van der Waals surface area (Å²) in [6.07, 6.45) is 3.33. The van der Waals surface area contributed by atoms with Gasteiger partial charge in [0.2, 0.25) is 10.0 Å². The molecule has 1 rings (SSSR count). The van der Waals surface area contributed by atoms with E-state index in [9.17, 15) is 8.42 Å². The number of nitrogens with zero attached hydrogens (tertiary/aromatic N) is 1. The molecule has 1 aromatic rings. The maximum absolute atomic E-state index is 12.1. The minimum atomic E-state index is -3.46. The van der Waals surface area contributed by atoms with Gasteiger partial charge in [0.05, 0.1) is 11.9 Å². The highest BCUT2D eigenvalue weighted by Crippen LogP contribution is 2.22. The Morgan fingerprint density at radius 1 is 1.50 bits per heavy atom. The molecule has 7 heteroatoms. The number of H-pyrrole nitrogens is 1. The van der Waals surface area contributed by atoms with E-state index in [1.54, 1.807) is 6.92 Å². The number of nitrogens with one attached hydrogen (secondary N) is 2. The molecule has 0 aliphatic rings. The average Bonchev–Trinajstić information content (AvgIpc) is 2.71. The SMILES string of the molecule is Cc1[nH]ncc1S(=O)(=O)NCC(C)(C)CCCBr. The maximum Gasteiger partial charge on any atom is 0.243 e. The Hall–Kier alpha value is -0.400. The van der Waals surface area contributed by atoms with E-state index >= 15 is 0 Å². The van der Waals surface area contributed by atoms with Crippen LogP contribution in [-0.2, 0) is 10.0 Å². The molecular formula is C11H20BrN3O2S. The van der Waals surface area contributed by atoms with Crippen molar-refractivity contribution in [1.29, 1.82) is 0 Å². The molecular weight excluding hydrogens is 318 g/mol. The number of sulfonamides is 1. The zero-order valence-corrected chi connectivity index (χ0v) is 13.4. The summed E-state index contributed by atoms with van der Waals surface area (Å²) in [6, 6.07) is 0. The van der Waals surface area contributed by atoms with Crippen molar-refractivity contribution in [2.75, 3.05) is 11.9 Å². The summed E-state index contributed by atoms with van der Waals surface area (Å²) in [4.78, 5) is 0.221. The average molecular weight is 338 g/mol. The quantitative estimate of drug-likeness (QED) is 0.749. The van der Waals surface area contributed by atoms with Crippen LogP contribution in [0.4, 0.5) is 0 Å². The van der Waals surface area contributed by atoms with Crippen LogP contribution in [0.1, 0.15) is 32.4 Å². The number of rotatable bonds is 7. The van der Waals surface area contributed by atoms with E-state index in [2.05, 4.69) is 44.7 Å². The van der Waals surface area contributed by atoms with Crippen molar-refractivity contribution < 1.29 is 8.42 Å². The molecule has 2 N–H and O–H groups in total. The zero-order valence-electron chi connectivity index (χ0n) is 11.0. The van der Waals surface area contributed by atoms with Gasteiger partial charge in [-0.25, -0.2) is 13.1 Å². The lowest BCUT2D eigenvalue weighted by atomic mass is 9.88. The van der Waals surface area contributed by atoms with E-state index in [4.69, 9.17) is 0 Å². The van der Waals surface area contributed by atoms with Gasteiger partial charge in [-0.05, 0) is 25.2 Å². The van der Waals surface area contributed by atoms with E-state index in [0.29, 0.717) is 12.2 Å². The number of aromatic nitrogens is 2. The molecule has 104 valence electrons. The predicted octanol–water partition coefficient (Wildman–Crippen LogP) is 2.20. The largest absolute Gasteiger partial charge is 0.281 e. The summed E-state index contributed by atoms with van der Waals surface area (Å²) >= 11 is 3.38. The Morgan fingerprint density at radius 2 is 2.17 bits per heavy atom.